The van der Waals surface area contributed by atoms with E-state index in [0.717, 1.165) is 65.7 Å². The number of rotatable bonds is 3. The van der Waals surface area contributed by atoms with Crippen LogP contribution in [0.15, 0.2) is 150 Å². The van der Waals surface area contributed by atoms with Gasteiger partial charge in [-0.3, -0.25) is 0 Å². The van der Waals surface area contributed by atoms with E-state index in [1.807, 2.05) is 48.5 Å². The van der Waals surface area contributed by atoms with Crippen LogP contribution in [-0.2, 0) is 0 Å². The molecule has 8 rings (SSSR count). The van der Waals surface area contributed by atoms with Gasteiger partial charge in [0, 0.05) is 10.8 Å². The van der Waals surface area contributed by atoms with Gasteiger partial charge in [0.1, 0.15) is 11.2 Å². The average molecular weight is 502 g/mol. The highest BCUT2D eigenvalue weighted by molar-refractivity contribution is 6.25. The van der Waals surface area contributed by atoms with E-state index in [2.05, 4.69) is 66.7 Å². The minimum absolute atomic E-state index is 0.202. The molecule has 1 heterocycles. The average Bonchev–Trinajstić information content (AvgIpc) is 3.45. The maximum atomic E-state index is 8.43. The smallest absolute Gasteiger partial charge is 0.136 e. The molecule has 182 valence electrons. The van der Waals surface area contributed by atoms with Crippen molar-refractivity contribution in [1.29, 1.82) is 0 Å². The molecule has 8 aromatic rings. The van der Waals surface area contributed by atoms with Gasteiger partial charge in [-0.2, -0.15) is 0 Å². The lowest BCUT2D eigenvalue weighted by atomic mass is 9.84. The van der Waals surface area contributed by atoms with Crippen LogP contribution in [0.4, 0.5) is 0 Å². The molecular weight excluding hydrogens is 472 g/mol. The van der Waals surface area contributed by atoms with E-state index in [-0.39, 0.29) is 29.7 Å². The first-order valence-electron chi connectivity index (χ1n) is 15.5. The molecule has 0 radical (unpaired) electrons. The van der Waals surface area contributed by atoms with Crippen LogP contribution in [0.25, 0.3) is 76.9 Å². The number of fused-ring (bicyclic) bond motifs is 5. The van der Waals surface area contributed by atoms with Crippen LogP contribution < -0.4 is 0 Å². The summed E-state index contributed by atoms with van der Waals surface area (Å²) < 4.78 is 47.3. The van der Waals surface area contributed by atoms with Crippen LogP contribution in [0.3, 0.4) is 0 Å². The summed E-state index contributed by atoms with van der Waals surface area (Å²) >= 11 is 0. The van der Waals surface area contributed by atoms with Gasteiger partial charge < -0.3 is 4.42 Å². The Morgan fingerprint density at radius 1 is 0.410 bits per heavy atom. The molecule has 1 heteroatoms. The number of hydrogen-bond donors (Lipinski definition) is 0. The predicted molar refractivity (Wildman–Crippen MR) is 165 cm³/mol. The molecule has 0 saturated carbocycles. The molecule has 0 saturated heterocycles. The Balaban J connectivity index is 1.40. The van der Waals surface area contributed by atoms with Crippen LogP contribution in [0, 0.1) is 0 Å². The summed E-state index contributed by atoms with van der Waals surface area (Å²) in [4.78, 5) is 0. The lowest BCUT2D eigenvalue weighted by molar-refractivity contribution is 0.669. The van der Waals surface area contributed by atoms with E-state index >= 15 is 0 Å². The summed E-state index contributed by atoms with van der Waals surface area (Å²) in [5.74, 6) is 0. The molecule has 39 heavy (non-hydrogen) atoms. The molecular formula is C38H24O. The zero-order valence-electron chi connectivity index (χ0n) is 25.9. The second-order valence-corrected chi connectivity index (χ2v) is 9.70. The van der Waals surface area contributed by atoms with Crippen molar-refractivity contribution < 1.29 is 11.3 Å². The SMILES string of the molecule is [2H]c1c([2H])c([2H])c(-c2ccc(-c3c4ccccc4c(-c4cccc5oc6ccccc6c45)c4ccccc34)cc2)c([2H])c1[2H]. The number of benzene rings is 7. The first kappa shape index (κ1) is 17.4. The minimum atomic E-state index is -0.391. The van der Waals surface area contributed by atoms with Gasteiger partial charge in [0.05, 0.1) is 6.85 Å². The van der Waals surface area contributed by atoms with Gasteiger partial charge in [-0.05, 0) is 67.1 Å². The van der Waals surface area contributed by atoms with E-state index in [9.17, 15) is 0 Å². The fourth-order valence-corrected chi connectivity index (χ4v) is 5.91. The molecule has 7 aromatic carbocycles. The Kier molecular flexibility index (Phi) is 3.89. The van der Waals surface area contributed by atoms with Gasteiger partial charge in [0.25, 0.3) is 0 Å². The van der Waals surface area contributed by atoms with E-state index in [4.69, 9.17) is 11.3 Å². The van der Waals surface area contributed by atoms with Gasteiger partial charge in [0.15, 0.2) is 0 Å². The highest BCUT2D eigenvalue weighted by Gasteiger charge is 2.19. The summed E-state index contributed by atoms with van der Waals surface area (Å²) in [6.07, 6.45) is 0. The quantitative estimate of drug-likeness (QED) is 0.219. The van der Waals surface area contributed by atoms with Crippen molar-refractivity contribution >= 4 is 43.5 Å². The highest BCUT2D eigenvalue weighted by Crippen LogP contribution is 2.46. The zero-order valence-corrected chi connectivity index (χ0v) is 20.9. The monoisotopic (exact) mass is 501 g/mol. The second kappa shape index (κ2) is 8.72. The molecule has 0 unspecified atom stereocenters. The molecule has 1 aromatic heterocycles. The number of para-hydroxylation sites is 1. The van der Waals surface area contributed by atoms with Gasteiger partial charge in [-0.15, -0.1) is 0 Å². The van der Waals surface area contributed by atoms with Crippen LogP contribution in [0.2, 0.25) is 0 Å². The van der Waals surface area contributed by atoms with Crippen molar-refractivity contribution in [3.8, 4) is 33.4 Å². The van der Waals surface area contributed by atoms with E-state index in [1.54, 1.807) is 0 Å². The fourth-order valence-electron chi connectivity index (χ4n) is 5.91. The summed E-state index contributed by atoms with van der Waals surface area (Å²) in [5, 5.41) is 6.61. The van der Waals surface area contributed by atoms with Crippen molar-refractivity contribution in [2.24, 2.45) is 0 Å². The minimum Gasteiger partial charge on any atom is -0.456 e. The Bertz CT molecular complexity index is 2350. The third-order valence-corrected chi connectivity index (χ3v) is 7.57. The van der Waals surface area contributed by atoms with Crippen LogP contribution in [-0.4, -0.2) is 0 Å². The van der Waals surface area contributed by atoms with Crippen LogP contribution >= 0.6 is 0 Å². The van der Waals surface area contributed by atoms with E-state index in [1.165, 1.54) is 0 Å². The van der Waals surface area contributed by atoms with Crippen LogP contribution in [0.5, 0.6) is 0 Å². The first-order chi connectivity index (χ1) is 21.4. The van der Waals surface area contributed by atoms with Gasteiger partial charge >= 0.3 is 0 Å². The van der Waals surface area contributed by atoms with Crippen molar-refractivity contribution in [3.05, 3.63) is 145 Å². The molecule has 0 atom stereocenters. The fraction of sp³-hybridized carbons (Fsp3) is 0. The maximum absolute atomic E-state index is 8.43. The molecule has 0 fully saturated rings. The molecule has 0 N–H and O–H groups in total. The highest BCUT2D eigenvalue weighted by atomic mass is 16.3. The molecule has 0 bridgehead atoms. The van der Waals surface area contributed by atoms with Crippen molar-refractivity contribution in [2.75, 3.05) is 0 Å². The number of hydrogen-bond acceptors (Lipinski definition) is 1. The molecule has 0 aliphatic carbocycles. The standard InChI is InChI=1S/C38H24O/c1-2-11-25(12-3-1)26-21-23-27(24-22-26)36-28-13-4-6-15-30(28)37(31-16-7-5-14-29(31)36)33-18-10-20-35-38(33)32-17-8-9-19-34(32)39-35/h1-24H/i1D,2D,3D,11D,12D. The Morgan fingerprint density at radius 2 is 0.949 bits per heavy atom. The second-order valence-electron chi connectivity index (χ2n) is 9.70. The lowest BCUT2D eigenvalue weighted by Crippen LogP contribution is -1.91. The molecule has 0 aliphatic rings. The van der Waals surface area contributed by atoms with Crippen molar-refractivity contribution in [1.82, 2.24) is 0 Å². The third kappa shape index (κ3) is 3.41. The molecule has 0 amide bonds. The summed E-state index contributed by atoms with van der Waals surface area (Å²) in [6, 6.07) is 37.5. The Morgan fingerprint density at radius 3 is 1.62 bits per heavy atom. The summed E-state index contributed by atoms with van der Waals surface area (Å²) in [7, 11) is 0. The largest absolute Gasteiger partial charge is 0.456 e. The lowest BCUT2D eigenvalue weighted by Gasteiger charge is -2.18. The normalized spacial score (nSPS) is 13.4. The maximum Gasteiger partial charge on any atom is 0.136 e. The van der Waals surface area contributed by atoms with Crippen molar-refractivity contribution in [3.63, 3.8) is 0 Å². The van der Waals surface area contributed by atoms with Gasteiger partial charge in [-0.1, -0.05) is 133 Å². The Labute approximate surface area is 233 Å². The molecule has 0 aliphatic heterocycles. The molecule has 0 spiro atoms. The summed E-state index contributed by atoms with van der Waals surface area (Å²) in [5.41, 5.74) is 6.81. The third-order valence-electron chi connectivity index (χ3n) is 7.57. The summed E-state index contributed by atoms with van der Waals surface area (Å²) in [6.45, 7) is 0. The zero-order chi connectivity index (χ0) is 30.1. The van der Waals surface area contributed by atoms with Gasteiger partial charge in [0.2, 0.25) is 0 Å². The predicted octanol–water partition coefficient (Wildman–Crippen LogP) is 10.9. The van der Waals surface area contributed by atoms with E-state index in [0.29, 0.717) is 5.56 Å². The van der Waals surface area contributed by atoms with E-state index < -0.39 is 6.04 Å². The Hall–Kier alpha value is -5.14. The first-order valence-corrected chi connectivity index (χ1v) is 13.0. The topological polar surface area (TPSA) is 13.1 Å². The van der Waals surface area contributed by atoms with Crippen LogP contribution in [0.1, 0.15) is 6.85 Å². The van der Waals surface area contributed by atoms with Crippen molar-refractivity contribution in [2.45, 2.75) is 0 Å². The number of furan rings is 1. The van der Waals surface area contributed by atoms with Gasteiger partial charge in [-0.25, -0.2) is 0 Å². The molecule has 1 nitrogen and oxygen atoms in total.